The molecule has 1 N–H and O–H groups in total. The first-order valence-corrected chi connectivity index (χ1v) is 6.66. The molecular formula is C14H22N4O. The Morgan fingerprint density at radius 1 is 1.32 bits per heavy atom. The Morgan fingerprint density at radius 3 is 2.42 bits per heavy atom. The van der Waals surface area contributed by atoms with Crippen LogP contribution in [0.15, 0.2) is 18.3 Å². The van der Waals surface area contributed by atoms with Crippen molar-refractivity contribution in [3.05, 3.63) is 23.9 Å². The molecule has 2 heterocycles. The lowest BCUT2D eigenvalue weighted by molar-refractivity contribution is 0.0827. The van der Waals surface area contributed by atoms with Gasteiger partial charge in [-0.25, -0.2) is 4.98 Å². The summed E-state index contributed by atoms with van der Waals surface area (Å²) < 4.78 is 0. The average Bonchev–Trinajstić information content (AvgIpc) is 2.37. The third-order valence-corrected chi connectivity index (χ3v) is 3.28. The molecule has 2 rings (SSSR count). The van der Waals surface area contributed by atoms with Crippen molar-refractivity contribution >= 4 is 11.7 Å². The van der Waals surface area contributed by atoms with Crippen molar-refractivity contribution < 1.29 is 4.79 Å². The molecule has 0 aromatic carbocycles. The second kappa shape index (κ2) is 5.57. The predicted octanol–water partition coefficient (Wildman–Crippen LogP) is 0.970. The summed E-state index contributed by atoms with van der Waals surface area (Å²) in [5.41, 5.74) is 0.630. The van der Waals surface area contributed by atoms with E-state index in [1.54, 1.807) is 25.2 Å². The second-order valence-electron chi connectivity index (χ2n) is 5.48. The highest BCUT2D eigenvalue weighted by atomic mass is 16.2. The summed E-state index contributed by atoms with van der Waals surface area (Å²) in [5.74, 6) is 0.927. The largest absolute Gasteiger partial charge is 0.354 e. The number of carbonyl (C=O) groups excluding carboxylic acids is 1. The summed E-state index contributed by atoms with van der Waals surface area (Å²) in [6.07, 6.45) is 1.66. The number of nitrogens with zero attached hydrogens (tertiary/aromatic N) is 3. The van der Waals surface area contributed by atoms with E-state index < -0.39 is 0 Å². The number of carbonyl (C=O) groups is 1. The standard InChI is InChI=1S/C14H22N4O/c1-10-8-18(9-11(2)16-10)13-6-5-12(7-15-13)14(19)17(3)4/h5-7,10-11,16H,8-9H2,1-4H3. The van der Waals surface area contributed by atoms with Crippen LogP contribution in [0.1, 0.15) is 24.2 Å². The first kappa shape index (κ1) is 13.8. The molecule has 0 spiro atoms. The van der Waals surface area contributed by atoms with Gasteiger partial charge in [-0.15, -0.1) is 0 Å². The fourth-order valence-electron chi connectivity index (χ4n) is 2.47. The third-order valence-electron chi connectivity index (χ3n) is 3.28. The minimum absolute atomic E-state index is 0.0129. The quantitative estimate of drug-likeness (QED) is 0.863. The molecule has 1 aromatic heterocycles. The maximum absolute atomic E-state index is 11.8. The van der Waals surface area contributed by atoms with E-state index in [1.165, 1.54) is 0 Å². The zero-order valence-electron chi connectivity index (χ0n) is 12.1. The average molecular weight is 262 g/mol. The van der Waals surface area contributed by atoms with Crippen LogP contribution in [0.3, 0.4) is 0 Å². The van der Waals surface area contributed by atoms with Gasteiger partial charge in [0.2, 0.25) is 0 Å². The lowest BCUT2D eigenvalue weighted by atomic mass is 10.1. The highest BCUT2D eigenvalue weighted by Crippen LogP contribution is 2.15. The van der Waals surface area contributed by atoms with E-state index in [1.807, 2.05) is 12.1 Å². The molecule has 1 aliphatic rings. The van der Waals surface area contributed by atoms with Crippen LogP contribution in [0, 0.1) is 0 Å². The normalized spacial score (nSPS) is 23.3. The lowest BCUT2D eigenvalue weighted by Gasteiger charge is -2.36. The van der Waals surface area contributed by atoms with E-state index in [0.717, 1.165) is 18.9 Å². The number of hydrogen-bond acceptors (Lipinski definition) is 4. The Morgan fingerprint density at radius 2 is 1.95 bits per heavy atom. The highest BCUT2D eigenvalue weighted by Gasteiger charge is 2.22. The molecule has 1 aliphatic heterocycles. The molecule has 2 unspecified atom stereocenters. The fourth-order valence-corrected chi connectivity index (χ4v) is 2.47. The maximum atomic E-state index is 11.8. The molecule has 1 fully saturated rings. The Bertz CT molecular complexity index is 433. The van der Waals surface area contributed by atoms with Crippen molar-refractivity contribution in [2.24, 2.45) is 0 Å². The maximum Gasteiger partial charge on any atom is 0.254 e. The topological polar surface area (TPSA) is 48.5 Å². The van der Waals surface area contributed by atoms with Gasteiger partial charge in [0.15, 0.2) is 0 Å². The van der Waals surface area contributed by atoms with Crippen LogP contribution in [-0.2, 0) is 0 Å². The molecule has 104 valence electrons. The number of hydrogen-bond donors (Lipinski definition) is 1. The van der Waals surface area contributed by atoms with E-state index in [0.29, 0.717) is 17.6 Å². The molecule has 0 radical (unpaired) electrons. The van der Waals surface area contributed by atoms with Gasteiger partial charge < -0.3 is 15.1 Å². The summed E-state index contributed by atoms with van der Waals surface area (Å²) in [5, 5.41) is 3.49. The monoisotopic (exact) mass is 262 g/mol. The molecule has 1 aromatic rings. The number of pyridine rings is 1. The van der Waals surface area contributed by atoms with Gasteiger partial charge in [0, 0.05) is 45.5 Å². The third kappa shape index (κ3) is 3.23. The van der Waals surface area contributed by atoms with Gasteiger partial charge in [-0.05, 0) is 26.0 Å². The van der Waals surface area contributed by atoms with Gasteiger partial charge in [-0.3, -0.25) is 4.79 Å². The first-order valence-electron chi connectivity index (χ1n) is 6.66. The van der Waals surface area contributed by atoms with E-state index in [-0.39, 0.29) is 5.91 Å². The van der Waals surface area contributed by atoms with Crippen molar-refractivity contribution in [2.75, 3.05) is 32.1 Å². The first-order chi connectivity index (χ1) is 8.97. The number of piperazine rings is 1. The van der Waals surface area contributed by atoms with Gasteiger partial charge in [0.1, 0.15) is 5.82 Å². The summed E-state index contributed by atoms with van der Waals surface area (Å²) in [6, 6.07) is 4.69. The van der Waals surface area contributed by atoms with Crippen LogP contribution in [-0.4, -0.2) is 55.1 Å². The van der Waals surface area contributed by atoms with Crippen molar-refractivity contribution in [1.29, 1.82) is 0 Å². The fraction of sp³-hybridized carbons (Fsp3) is 0.571. The van der Waals surface area contributed by atoms with E-state index in [9.17, 15) is 4.79 Å². The molecule has 5 nitrogen and oxygen atoms in total. The van der Waals surface area contributed by atoms with Gasteiger partial charge in [-0.1, -0.05) is 0 Å². The highest BCUT2D eigenvalue weighted by molar-refractivity contribution is 5.93. The summed E-state index contributed by atoms with van der Waals surface area (Å²) >= 11 is 0. The minimum atomic E-state index is -0.0129. The van der Waals surface area contributed by atoms with Gasteiger partial charge in [0.25, 0.3) is 5.91 Å². The van der Waals surface area contributed by atoms with Gasteiger partial charge in [0.05, 0.1) is 5.56 Å². The predicted molar refractivity (Wildman–Crippen MR) is 76.5 cm³/mol. The number of rotatable bonds is 2. The molecule has 5 heteroatoms. The smallest absolute Gasteiger partial charge is 0.254 e. The number of amides is 1. The SMILES string of the molecule is CC1CN(c2ccc(C(=O)N(C)C)cn2)CC(C)N1. The summed E-state index contributed by atoms with van der Waals surface area (Å²) in [6.45, 7) is 6.23. The second-order valence-corrected chi connectivity index (χ2v) is 5.48. The van der Waals surface area contributed by atoms with Crippen LogP contribution in [0.2, 0.25) is 0 Å². The summed E-state index contributed by atoms with van der Waals surface area (Å²) in [7, 11) is 3.49. The minimum Gasteiger partial charge on any atom is -0.354 e. The van der Waals surface area contributed by atoms with Crippen molar-refractivity contribution in [3.8, 4) is 0 Å². The van der Waals surface area contributed by atoms with E-state index >= 15 is 0 Å². The van der Waals surface area contributed by atoms with Crippen LogP contribution >= 0.6 is 0 Å². The van der Waals surface area contributed by atoms with Crippen LogP contribution in [0.25, 0.3) is 0 Å². The molecular weight excluding hydrogens is 240 g/mol. The molecule has 2 atom stereocenters. The van der Waals surface area contributed by atoms with Crippen LogP contribution in [0.5, 0.6) is 0 Å². The van der Waals surface area contributed by atoms with Crippen LogP contribution < -0.4 is 10.2 Å². The van der Waals surface area contributed by atoms with E-state index in [4.69, 9.17) is 0 Å². The molecule has 1 saturated heterocycles. The van der Waals surface area contributed by atoms with Crippen molar-refractivity contribution in [3.63, 3.8) is 0 Å². The lowest BCUT2D eigenvalue weighted by Crippen LogP contribution is -2.54. The molecule has 0 saturated carbocycles. The molecule has 0 bridgehead atoms. The Labute approximate surface area is 114 Å². The van der Waals surface area contributed by atoms with Crippen molar-refractivity contribution in [2.45, 2.75) is 25.9 Å². The molecule has 0 aliphatic carbocycles. The number of aromatic nitrogens is 1. The Hall–Kier alpha value is -1.62. The molecule has 19 heavy (non-hydrogen) atoms. The number of nitrogens with one attached hydrogen (secondary N) is 1. The zero-order chi connectivity index (χ0) is 14.0. The van der Waals surface area contributed by atoms with Crippen LogP contribution in [0.4, 0.5) is 5.82 Å². The number of anilines is 1. The Kier molecular flexibility index (Phi) is 4.04. The zero-order valence-corrected chi connectivity index (χ0v) is 12.1. The van der Waals surface area contributed by atoms with Gasteiger partial charge in [-0.2, -0.15) is 0 Å². The molecule has 1 amide bonds. The summed E-state index contributed by atoms with van der Waals surface area (Å²) in [4.78, 5) is 20.0. The Balaban J connectivity index is 2.12. The van der Waals surface area contributed by atoms with Gasteiger partial charge >= 0.3 is 0 Å². The van der Waals surface area contributed by atoms with Crippen molar-refractivity contribution in [1.82, 2.24) is 15.2 Å². The van der Waals surface area contributed by atoms with E-state index in [2.05, 4.69) is 29.0 Å².